The summed E-state index contributed by atoms with van der Waals surface area (Å²) in [7, 11) is 1.66. The van der Waals surface area contributed by atoms with Gasteiger partial charge in [0.15, 0.2) is 0 Å². The molecule has 1 saturated heterocycles. The first kappa shape index (κ1) is 21.7. The lowest BCUT2D eigenvalue weighted by Crippen LogP contribution is -2.45. The van der Waals surface area contributed by atoms with Crippen molar-refractivity contribution in [2.75, 3.05) is 39.8 Å². The van der Waals surface area contributed by atoms with Crippen LogP contribution >= 0.6 is 0 Å². The van der Waals surface area contributed by atoms with Crippen LogP contribution in [-0.2, 0) is 6.54 Å². The second-order valence-corrected chi connectivity index (χ2v) is 8.55. The Morgan fingerprint density at radius 2 is 1.97 bits per heavy atom. The first-order chi connectivity index (χ1) is 15.0. The Hall–Kier alpha value is -2.51. The molecule has 1 N–H and O–H groups in total. The summed E-state index contributed by atoms with van der Waals surface area (Å²) in [4.78, 5) is 7.30. The van der Waals surface area contributed by atoms with Crippen LogP contribution in [0.5, 0.6) is 5.88 Å². The van der Waals surface area contributed by atoms with Gasteiger partial charge in [0, 0.05) is 56.3 Å². The highest BCUT2D eigenvalue weighted by Gasteiger charge is 2.25. The van der Waals surface area contributed by atoms with E-state index in [1.165, 1.54) is 6.07 Å². The molecule has 1 aromatic carbocycles. The minimum absolute atomic E-state index is 0.282. The van der Waals surface area contributed by atoms with Gasteiger partial charge in [0.1, 0.15) is 5.82 Å². The topological polar surface area (TPSA) is 55.2 Å². The Labute approximate surface area is 183 Å². The summed E-state index contributed by atoms with van der Waals surface area (Å²) in [5.41, 5.74) is 3.32. The van der Waals surface area contributed by atoms with Crippen molar-refractivity contribution < 1.29 is 9.13 Å². The normalized spacial score (nSPS) is 16.2. The number of pyridine rings is 1. The van der Waals surface area contributed by atoms with Gasteiger partial charge in [-0.25, -0.2) is 9.37 Å². The smallest absolute Gasteiger partial charge is 0.217 e. The third kappa shape index (κ3) is 4.43. The number of halogens is 1. The van der Waals surface area contributed by atoms with Crippen LogP contribution in [0.2, 0.25) is 0 Å². The zero-order valence-electron chi connectivity index (χ0n) is 18.9. The summed E-state index contributed by atoms with van der Waals surface area (Å²) in [6.07, 6.45) is 1.58. The van der Waals surface area contributed by atoms with E-state index in [1.54, 1.807) is 18.0 Å². The maximum Gasteiger partial charge on any atom is 0.217 e. The molecule has 3 aromatic rings. The average molecular weight is 426 g/mol. The van der Waals surface area contributed by atoms with E-state index in [0.717, 1.165) is 49.4 Å². The lowest BCUT2D eigenvalue weighted by atomic mass is 9.88. The van der Waals surface area contributed by atoms with Crippen molar-refractivity contribution >= 4 is 10.9 Å². The zero-order valence-corrected chi connectivity index (χ0v) is 18.9. The quantitative estimate of drug-likeness (QED) is 0.622. The van der Waals surface area contributed by atoms with Gasteiger partial charge in [0.2, 0.25) is 5.88 Å². The molecule has 1 aliphatic rings. The maximum absolute atomic E-state index is 14.7. The SMILES string of the molecule is CCn1ncc2c(F)cc(-c3ccc(C(CN4CCNCC4)C(C)C)c(OC)n3)cc21. The Kier molecular flexibility index (Phi) is 6.53. The largest absolute Gasteiger partial charge is 0.481 e. The van der Waals surface area contributed by atoms with E-state index >= 15 is 0 Å². The number of methoxy groups -OCH3 is 1. The van der Waals surface area contributed by atoms with Crippen LogP contribution < -0.4 is 10.1 Å². The number of benzene rings is 1. The van der Waals surface area contributed by atoms with E-state index in [1.807, 2.05) is 19.1 Å². The molecule has 31 heavy (non-hydrogen) atoms. The van der Waals surface area contributed by atoms with Gasteiger partial charge >= 0.3 is 0 Å². The van der Waals surface area contributed by atoms with Crippen LogP contribution in [0.3, 0.4) is 0 Å². The van der Waals surface area contributed by atoms with E-state index in [-0.39, 0.29) is 5.82 Å². The number of nitrogens with zero attached hydrogens (tertiary/aromatic N) is 4. The third-order valence-corrected chi connectivity index (χ3v) is 6.26. The second-order valence-electron chi connectivity index (χ2n) is 8.55. The average Bonchev–Trinajstić information content (AvgIpc) is 3.21. The molecular weight excluding hydrogens is 393 g/mol. The van der Waals surface area contributed by atoms with E-state index in [0.29, 0.717) is 35.3 Å². The van der Waals surface area contributed by atoms with Gasteiger partial charge in [-0.15, -0.1) is 0 Å². The Balaban J connectivity index is 1.69. The highest BCUT2D eigenvalue weighted by atomic mass is 19.1. The fourth-order valence-corrected chi connectivity index (χ4v) is 4.43. The van der Waals surface area contributed by atoms with Crippen LogP contribution in [0.4, 0.5) is 4.39 Å². The predicted molar refractivity (Wildman–Crippen MR) is 122 cm³/mol. The van der Waals surface area contributed by atoms with Crippen molar-refractivity contribution in [3.8, 4) is 17.1 Å². The molecule has 1 fully saturated rings. The van der Waals surface area contributed by atoms with E-state index in [2.05, 4.69) is 35.2 Å². The molecule has 0 amide bonds. The number of nitrogens with one attached hydrogen (secondary N) is 1. The number of hydrogen-bond acceptors (Lipinski definition) is 5. The molecule has 6 nitrogen and oxygen atoms in total. The predicted octanol–water partition coefficient (Wildman–Crippen LogP) is 3.91. The first-order valence-corrected chi connectivity index (χ1v) is 11.1. The number of rotatable bonds is 7. The van der Waals surface area contributed by atoms with Crippen molar-refractivity contribution in [1.29, 1.82) is 0 Å². The van der Waals surface area contributed by atoms with Gasteiger partial charge in [0.05, 0.1) is 29.9 Å². The van der Waals surface area contributed by atoms with E-state index in [9.17, 15) is 4.39 Å². The first-order valence-electron chi connectivity index (χ1n) is 11.1. The maximum atomic E-state index is 14.7. The Morgan fingerprint density at radius 1 is 1.19 bits per heavy atom. The Morgan fingerprint density at radius 3 is 2.65 bits per heavy atom. The van der Waals surface area contributed by atoms with Gasteiger partial charge in [-0.3, -0.25) is 4.68 Å². The van der Waals surface area contributed by atoms with Crippen molar-refractivity contribution in [2.45, 2.75) is 33.2 Å². The van der Waals surface area contributed by atoms with Gasteiger partial charge in [-0.05, 0) is 31.0 Å². The second kappa shape index (κ2) is 9.32. The van der Waals surface area contributed by atoms with E-state index in [4.69, 9.17) is 9.72 Å². The van der Waals surface area contributed by atoms with Crippen molar-refractivity contribution in [2.24, 2.45) is 5.92 Å². The summed E-state index contributed by atoms with van der Waals surface area (Å²) < 4.78 is 22.2. The number of aromatic nitrogens is 3. The molecule has 1 atom stereocenters. The zero-order chi connectivity index (χ0) is 22.0. The molecule has 0 saturated carbocycles. The van der Waals surface area contributed by atoms with Crippen molar-refractivity contribution in [3.63, 3.8) is 0 Å². The number of fused-ring (bicyclic) bond motifs is 1. The van der Waals surface area contributed by atoms with Crippen molar-refractivity contribution in [3.05, 3.63) is 41.8 Å². The molecule has 0 spiro atoms. The van der Waals surface area contributed by atoms with Crippen LogP contribution in [0.25, 0.3) is 22.2 Å². The standard InChI is InChI=1S/C24H32FN5O/c1-5-30-23-13-17(12-21(25)19(23)14-27-30)22-7-6-18(24(28-22)31-4)20(16(2)3)15-29-10-8-26-9-11-29/h6-7,12-14,16,20,26H,5,8-11,15H2,1-4H3. The molecule has 1 unspecified atom stereocenters. The molecule has 4 rings (SSSR count). The minimum atomic E-state index is -0.282. The van der Waals surface area contributed by atoms with Gasteiger partial charge in [0.25, 0.3) is 0 Å². The number of hydrogen-bond donors (Lipinski definition) is 1. The molecule has 0 bridgehead atoms. The minimum Gasteiger partial charge on any atom is -0.481 e. The lowest BCUT2D eigenvalue weighted by molar-refractivity contribution is 0.210. The third-order valence-electron chi connectivity index (χ3n) is 6.26. The molecule has 166 valence electrons. The number of ether oxygens (including phenoxy) is 1. The van der Waals surface area contributed by atoms with Gasteiger partial charge in [-0.1, -0.05) is 19.9 Å². The number of piperazine rings is 1. The summed E-state index contributed by atoms with van der Waals surface area (Å²) in [5, 5.41) is 8.22. The summed E-state index contributed by atoms with van der Waals surface area (Å²) in [5.74, 6) is 1.10. The summed E-state index contributed by atoms with van der Waals surface area (Å²) in [6.45, 7) is 12.3. The molecular formula is C24H32FN5O. The molecule has 7 heteroatoms. The highest BCUT2D eigenvalue weighted by Crippen LogP contribution is 2.34. The van der Waals surface area contributed by atoms with Crippen molar-refractivity contribution in [1.82, 2.24) is 25.0 Å². The van der Waals surface area contributed by atoms with Crippen LogP contribution in [0.1, 0.15) is 32.3 Å². The summed E-state index contributed by atoms with van der Waals surface area (Å²) in [6, 6.07) is 7.58. The monoisotopic (exact) mass is 425 g/mol. The molecule has 1 aliphatic heterocycles. The van der Waals surface area contributed by atoms with Gasteiger partial charge < -0.3 is 15.0 Å². The van der Waals surface area contributed by atoms with Crippen LogP contribution in [-0.4, -0.2) is 59.5 Å². The van der Waals surface area contributed by atoms with Crippen LogP contribution in [0, 0.1) is 11.7 Å². The molecule has 2 aromatic heterocycles. The fraction of sp³-hybridized carbons (Fsp3) is 0.500. The summed E-state index contributed by atoms with van der Waals surface area (Å²) >= 11 is 0. The highest BCUT2D eigenvalue weighted by molar-refractivity contribution is 5.84. The lowest BCUT2D eigenvalue weighted by Gasteiger charge is -2.33. The van der Waals surface area contributed by atoms with Crippen LogP contribution in [0.15, 0.2) is 30.5 Å². The van der Waals surface area contributed by atoms with E-state index < -0.39 is 0 Å². The fourth-order valence-electron chi connectivity index (χ4n) is 4.43. The Bertz CT molecular complexity index is 1040. The molecule has 0 radical (unpaired) electrons. The molecule has 0 aliphatic carbocycles. The number of aryl methyl sites for hydroxylation is 1. The molecule has 3 heterocycles. The van der Waals surface area contributed by atoms with Gasteiger partial charge in [-0.2, -0.15) is 5.10 Å².